The number of hydrogen-bond donors (Lipinski definition) is 1. The molecule has 1 aromatic carbocycles. The van der Waals surface area contributed by atoms with Crippen molar-refractivity contribution in [2.45, 2.75) is 45.4 Å². The van der Waals surface area contributed by atoms with Gasteiger partial charge in [0.1, 0.15) is 0 Å². The molecule has 3 rings (SSSR count). The third-order valence-corrected chi connectivity index (χ3v) is 4.63. The predicted molar refractivity (Wildman–Crippen MR) is 81.3 cm³/mol. The van der Waals surface area contributed by atoms with Gasteiger partial charge in [0, 0.05) is 0 Å². The van der Waals surface area contributed by atoms with E-state index in [4.69, 9.17) is 10.3 Å². The minimum absolute atomic E-state index is 0.386. The molecule has 1 fully saturated rings. The van der Waals surface area contributed by atoms with Gasteiger partial charge in [-0.25, -0.2) is 0 Å². The minimum atomic E-state index is 0.386. The summed E-state index contributed by atoms with van der Waals surface area (Å²) in [6.45, 7) is 4.75. The number of nitrogens with two attached hydrogens (primary N) is 1. The number of aromatic nitrogens is 1. The molecule has 2 aromatic rings. The highest BCUT2D eigenvalue weighted by Crippen LogP contribution is 2.42. The van der Waals surface area contributed by atoms with E-state index < -0.39 is 0 Å². The van der Waals surface area contributed by atoms with Crippen molar-refractivity contribution in [2.24, 2.45) is 5.41 Å². The van der Waals surface area contributed by atoms with E-state index in [1.165, 1.54) is 31.2 Å². The van der Waals surface area contributed by atoms with Gasteiger partial charge in [-0.1, -0.05) is 43.3 Å². The Morgan fingerprint density at radius 3 is 2.35 bits per heavy atom. The van der Waals surface area contributed by atoms with Crippen molar-refractivity contribution >= 4 is 5.88 Å². The zero-order chi connectivity index (χ0) is 14.2. The predicted octanol–water partition coefficient (Wildman–Crippen LogP) is 4.61. The Bertz CT molecular complexity index is 573. The maximum Gasteiger partial charge on any atom is 0.229 e. The molecule has 106 valence electrons. The summed E-state index contributed by atoms with van der Waals surface area (Å²) in [5, 5.41) is 3.73. The van der Waals surface area contributed by atoms with Gasteiger partial charge in [0.2, 0.25) is 5.88 Å². The lowest BCUT2D eigenvalue weighted by Gasteiger charge is -2.34. The van der Waals surface area contributed by atoms with E-state index in [1.807, 2.05) is 0 Å². The van der Waals surface area contributed by atoms with E-state index in [9.17, 15) is 0 Å². The topological polar surface area (TPSA) is 52.0 Å². The molecule has 0 aliphatic heterocycles. The molecular weight excluding hydrogens is 248 g/mol. The molecule has 3 nitrogen and oxygen atoms in total. The summed E-state index contributed by atoms with van der Waals surface area (Å²) in [6.07, 6.45) is 6.90. The van der Waals surface area contributed by atoms with Crippen molar-refractivity contribution in [2.75, 3.05) is 5.73 Å². The third-order valence-electron chi connectivity index (χ3n) is 4.63. The lowest BCUT2D eigenvalue weighted by atomic mass is 9.71. The van der Waals surface area contributed by atoms with Gasteiger partial charge in [-0.2, -0.15) is 0 Å². The molecule has 20 heavy (non-hydrogen) atoms. The summed E-state index contributed by atoms with van der Waals surface area (Å²) in [4.78, 5) is 0. The van der Waals surface area contributed by atoms with Crippen LogP contribution in [-0.2, 0) is 0 Å². The molecular formula is C17H22N2O. The molecule has 0 spiro atoms. The van der Waals surface area contributed by atoms with E-state index in [2.05, 4.69) is 43.3 Å². The van der Waals surface area contributed by atoms with Crippen molar-refractivity contribution in [1.82, 2.24) is 5.16 Å². The molecule has 3 heteroatoms. The maximum atomic E-state index is 5.75. The van der Waals surface area contributed by atoms with Crippen molar-refractivity contribution in [1.29, 1.82) is 0 Å². The maximum absolute atomic E-state index is 5.75. The number of rotatable bonds is 2. The first-order valence-electron chi connectivity index (χ1n) is 7.36. The Morgan fingerprint density at radius 1 is 1.15 bits per heavy atom. The van der Waals surface area contributed by atoms with Gasteiger partial charge in [0.05, 0.1) is 11.8 Å². The first-order valence-corrected chi connectivity index (χ1v) is 7.36. The van der Waals surface area contributed by atoms with Crippen LogP contribution in [0.25, 0.3) is 11.1 Å². The van der Waals surface area contributed by atoms with E-state index in [1.54, 1.807) is 6.20 Å². The highest BCUT2D eigenvalue weighted by atomic mass is 16.5. The van der Waals surface area contributed by atoms with Crippen LogP contribution in [0.2, 0.25) is 0 Å². The summed E-state index contributed by atoms with van der Waals surface area (Å²) in [6, 6.07) is 8.70. The van der Waals surface area contributed by atoms with Crippen LogP contribution in [0.4, 0.5) is 5.88 Å². The lowest BCUT2D eigenvalue weighted by molar-refractivity contribution is 0.224. The Labute approximate surface area is 120 Å². The van der Waals surface area contributed by atoms with Crippen LogP contribution < -0.4 is 5.73 Å². The van der Waals surface area contributed by atoms with Crippen molar-refractivity contribution < 1.29 is 4.52 Å². The van der Waals surface area contributed by atoms with Gasteiger partial charge < -0.3 is 10.3 Å². The highest BCUT2D eigenvalue weighted by Gasteiger charge is 2.27. The van der Waals surface area contributed by atoms with Gasteiger partial charge >= 0.3 is 0 Å². The summed E-state index contributed by atoms with van der Waals surface area (Å²) in [5.41, 5.74) is 9.67. The first kappa shape index (κ1) is 13.2. The molecule has 1 saturated carbocycles. The molecule has 0 amide bonds. The number of benzene rings is 1. The molecule has 1 heterocycles. The molecule has 0 radical (unpaired) electrons. The number of anilines is 1. The van der Waals surface area contributed by atoms with E-state index in [0.717, 1.165) is 11.1 Å². The summed E-state index contributed by atoms with van der Waals surface area (Å²) in [7, 11) is 0. The number of nitrogens with zero attached hydrogens (tertiary/aromatic N) is 1. The molecule has 0 bridgehead atoms. The summed E-state index contributed by atoms with van der Waals surface area (Å²) >= 11 is 0. The van der Waals surface area contributed by atoms with Gasteiger partial charge in [-0.3, -0.25) is 0 Å². The smallest absolute Gasteiger partial charge is 0.229 e. The second kappa shape index (κ2) is 4.97. The van der Waals surface area contributed by atoms with Crippen LogP contribution in [-0.4, -0.2) is 5.16 Å². The highest BCUT2D eigenvalue weighted by molar-refractivity contribution is 5.71. The quantitative estimate of drug-likeness (QED) is 0.867. The normalized spacial score (nSPS) is 19.1. The van der Waals surface area contributed by atoms with E-state index >= 15 is 0 Å². The van der Waals surface area contributed by atoms with Crippen LogP contribution in [0.3, 0.4) is 0 Å². The van der Waals surface area contributed by atoms with Gasteiger partial charge in [0.15, 0.2) is 0 Å². The molecule has 2 N–H and O–H groups in total. The number of hydrogen-bond acceptors (Lipinski definition) is 3. The fourth-order valence-electron chi connectivity index (χ4n) is 3.13. The Morgan fingerprint density at radius 2 is 1.80 bits per heavy atom. The van der Waals surface area contributed by atoms with Crippen LogP contribution in [0.1, 0.15) is 51.0 Å². The molecule has 0 saturated heterocycles. The molecule has 0 atom stereocenters. The standard InChI is InChI=1S/C17H22N2O/c1-17(2)9-7-13(8-10-17)12-3-5-14(6-4-12)15-11-19-20-16(15)18/h3-6,11,13H,7-10,18H2,1-2H3. The average Bonchev–Trinajstić information content (AvgIpc) is 2.85. The average molecular weight is 270 g/mol. The minimum Gasteiger partial charge on any atom is -0.367 e. The van der Waals surface area contributed by atoms with Gasteiger partial charge in [-0.05, 0) is 48.1 Å². The Hall–Kier alpha value is -1.77. The van der Waals surface area contributed by atoms with E-state index in [-0.39, 0.29) is 0 Å². The summed E-state index contributed by atoms with van der Waals surface area (Å²) in [5.74, 6) is 1.09. The molecule has 1 aromatic heterocycles. The second-order valence-corrected chi connectivity index (χ2v) is 6.66. The van der Waals surface area contributed by atoms with Crippen LogP contribution in [0, 0.1) is 5.41 Å². The zero-order valence-electron chi connectivity index (χ0n) is 12.2. The van der Waals surface area contributed by atoms with E-state index in [0.29, 0.717) is 17.2 Å². The SMILES string of the molecule is CC1(C)CCC(c2ccc(-c3cnoc3N)cc2)CC1. The van der Waals surface area contributed by atoms with Crippen LogP contribution >= 0.6 is 0 Å². The fraction of sp³-hybridized carbons (Fsp3) is 0.471. The lowest BCUT2D eigenvalue weighted by Crippen LogP contribution is -2.20. The van der Waals surface area contributed by atoms with Crippen molar-refractivity contribution in [3.8, 4) is 11.1 Å². The van der Waals surface area contributed by atoms with Gasteiger partial charge in [-0.15, -0.1) is 0 Å². The molecule has 0 unspecified atom stereocenters. The summed E-state index contributed by atoms with van der Waals surface area (Å²) < 4.78 is 4.92. The Kier molecular flexibility index (Phi) is 3.28. The monoisotopic (exact) mass is 270 g/mol. The van der Waals surface area contributed by atoms with Crippen LogP contribution in [0.5, 0.6) is 0 Å². The van der Waals surface area contributed by atoms with Crippen molar-refractivity contribution in [3.63, 3.8) is 0 Å². The van der Waals surface area contributed by atoms with Crippen LogP contribution in [0.15, 0.2) is 35.0 Å². The Balaban J connectivity index is 1.76. The molecule has 1 aliphatic rings. The second-order valence-electron chi connectivity index (χ2n) is 6.66. The number of nitrogen functional groups attached to an aromatic ring is 1. The third kappa shape index (κ3) is 2.58. The largest absolute Gasteiger partial charge is 0.367 e. The first-order chi connectivity index (χ1) is 9.55. The van der Waals surface area contributed by atoms with Crippen molar-refractivity contribution in [3.05, 3.63) is 36.0 Å². The zero-order valence-corrected chi connectivity index (χ0v) is 12.2. The fourth-order valence-corrected chi connectivity index (χ4v) is 3.13. The van der Waals surface area contributed by atoms with Gasteiger partial charge in [0.25, 0.3) is 0 Å². The molecule has 1 aliphatic carbocycles.